The van der Waals surface area contributed by atoms with Crippen LogP contribution >= 0.6 is 12.2 Å². The van der Waals surface area contributed by atoms with Gasteiger partial charge in [-0.05, 0) is 17.2 Å². The van der Waals surface area contributed by atoms with Crippen molar-refractivity contribution >= 4 is 29.4 Å². The Bertz CT molecular complexity index is 495. The average Bonchev–Trinajstić information content (AvgIpc) is 2.38. The van der Waals surface area contributed by atoms with E-state index in [1.807, 2.05) is 12.1 Å². The summed E-state index contributed by atoms with van der Waals surface area (Å²) in [6.45, 7) is 4.36. The Morgan fingerprint density at radius 3 is 2.38 bits per heavy atom. The molecule has 0 saturated heterocycles. The highest BCUT2D eigenvalue weighted by Gasteiger charge is 2.12. The smallest absolute Gasteiger partial charge is 0.104 e. The molecule has 1 aliphatic carbocycles. The third-order valence-corrected chi connectivity index (χ3v) is 2.99. The molecule has 0 saturated carbocycles. The van der Waals surface area contributed by atoms with Gasteiger partial charge in [-0.2, -0.15) is 0 Å². The second-order valence-corrected chi connectivity index (χ2v) is 5.14. The number of rotatable bonds is 1. The monoisotopic (exact) mass is 229 g/mol. The van der Waals surface area contributed by atoms with Crippen LogP contribution < -0.4 is 5.73 Å². The summed E-state index contributed by atoms with van der Waals surface area (Å²) in [6.07, 6.45) is 8.68. The van der Waals surface area contributed by atoms with Crippen molar-refractivity contribution < 1.29 is 0 Å². The van der Waals surface area contributed by atoms with Gasteiger partial charge < -0.3 is 5.73 Å². The minimum absolute atomic E-state index is 0.0996. The molecule has 2 N–H and O–H groups in total. The van der Waals surface area contributed by atoms with Crippen LogP contribution in [0, 0.1) is 5.41 Å². The van der Waals surface area contributed by atoms with Crippen LogP contribution in [0.2, 0.25) is 0 Å². The lowest BCUT2D eigenvalue weighted by Gasteiger charge is -2.12. The van der Waals surface area contributed by atoms with E-state index in [2.05, 4.69) is 44.2 Å². The highest BCUT2D eigenvalue weighted by Crippen LogP contribution is 2.28. The topological polar surface area (TPSA) is 26.0 Å². The summed E-state index contributed by atoms with van der Waals surface area (Å²) in [5, 5.41) is 0. The van der Waals surface area contributed by atoms with Gasteiger partial charge in [0, 0.05) is 11.0 Å². The molecular weight excluding hydrogens is 214 g/mol. The summed E-state index contributed by atoms with van der Waals surface area (Å²) in [5.41, 5.74) is 9.03. The second kappa shape index (κ2) is 3.87. The van der Waals surface area contributed by atoms with Crippen molar-refractivity contribution in [1.82, 2.24) is 0 Å². The van der Waals surface area contributed by atoms with Gasteiger partial charge in [0.25, 0.3) is 0 Å². The summed E-state index contributed by atoms with van der Waals surface area (Å²) in [4.78, 5) is 0.448. The molecule has 1 aromatic carbocycles. The van der Waals surface area contributed by atoms with Crippen molar-refractivity contribution in [2.75, 3.05) is 0 Å². The lowest BCUT2D eigenvalue weighted by Crippen LogP contribution is -2.09. The quantitative estimate of drug-likeness (QED) is 0.747. The van der Waals surface area contributed by atoms with E-state index in [9.17, 15) is 0 Å². The van der Waals surface area contributed by atoms with Gasteiger partial charge in [-0.3, -0.25) is 0 Å². The molecule has 0 spiro atoms. The van der Waals surface area contributed by atoms with Crippen LogP contribution in [0.1, 0.15) is 30.5 Å². The van der Waals surface area contributed by atoms with E-state index in [0.29, 0.717) is 4.99 Å². The molecule has 1 aliphatic rings. The maximum atomic E-state index is 5.63. The number of allylic oxidation sites excluding steroid dienone is 2. The Morgan fingerprint density at radius 1 is 1.12 bits per heavy atom. The molecule has 0 aliphatic heterocycles. The molecule has 1 nitrogen and oxygen atoms in total. The third-order valence-electron chi connectivity index (χ3n) is 2.76. The van der Waals surface area contributed by atoms with Crippen LogP contribution in [0.3, 0.4) is 0 Å². The van der Waals surface area contributed by atoms with E-state index in [4.69, 9.17) is 18.0 Å². The zero-order valence-electron chi connectivity index (χ0n) is 9.53. The van der Waals surface area contributed by atoms with Gasteiger partial charge in [0.2, 0.25) is 0 Å². The lowest BCUT2D eigenvalue weighted by atomic mass is 9.93. The Kier molecular flexibility index (Phi) is 2.68. The van der Waals surface area contributed by atoms with Crippen molar-refractivity contribution in [3.8, 4) is 0 Å². The lowest BCUT2D eigenvalue weighted by molar-refractivity contribution is 0.633. The van der Waals surface area contributed by atoms with E-state index in [-0.39, 0.29) is 5.41 Å². The van der Waals surface area contributed by atoms with Crippen LogP contribution in [-0.2, 0) is 0 Å². The molecule has 82 valence electrons. The predicted molar refractivity (Wildman–Crippen MR) is 74.2 cm³/mol. The minimum atomic E-state index is 0.0996. The zero-order chi connectivity index (χ0) is 11.8. The van der Waals surface area contributed by atoms with E-state index in [0.717, 1.165) is 5.56 Å². The van der Waals surface area contributed by atoms with Crippen molar-refractivity contribution in [1.29, 1.82) is 0 Å². The summed E-state index contributed by atoms with van der Waals surface area (Å²) >= 11 is 4.98. The molecule has 0 fully saturated rings. The van der Waals surface area contributed by atoms with Gasteiger partial charge in [-0.15, -0.1) is 0 Å². The van der Waals surface area contributed by atoms with Gasteiger partial charge in [0.1, 0.15) is 4.99 Å². The summed E-state index contributed by atoms with van der Waals surface area (Å²) in [7, 11) is 0. The van der Waals surface area contributed by atoms with Crippen molar-refractivity contribution in [2.45, 2.75) is 13.8 Å². The SMILES string of the molecule is CC1(C)C=Cc2ccc(C(N)=S)cc2C=C1. The predicted octanol–water partition coefficient (Wildman–Crippen LogP) is 3.39. The Hall–Kier alpha value is -1.41. The number of hydrogen-bond donors (Lipinski definition) is 1. The maximum Gasteiger partial charge on any atom is 0.104 e. The molecule has 1 aromatic rings. The summed E-state index contributed by atoms with van der Waals surface area (Å²) in [6, 6.07) is 6.07. The van der Waals surface area contributed by atoms with Crippen LogP contribution in [0.25, 0.3) is 12.2 Å². The third kappa shape index (κ3) is 2.22. The first-order chi connectivity index (χ1) is 7.48. The number of thiocarbonyl (C=S) groups is 1. The van der Waals surface area contributed by atoms with Crippen molar-refractivity contribution in [3.63, 3.8) is 0 Å². The summed E-state index contributed by atoms with van der Waals surface area (Å²) < 4.78 is 0. The fourth-order valence-corrected chi connectivity index (χ4v) is 1.82. The summed E-state index contributed by atoms with van der Waals surface area (Å²) in [5.74, 6) is 0. The van der Waals surface area contributed by atoms with Crippen molar-refractivity contribution in [2.24, 2.45) is 11.1 Å². The first-order valence-electron chi connectivity index (χ1n) is 5.30. The molecule has 2 rings (SSSR count). The highest BCUT2D eigenvalue weighted by molar-refractivity contribution is 7.80. The van der Waals surface area contributed by atoms with Gasteiger partial charge in [0.15, 0.2) is 0 Å². The van der Waals surface area contributed by atoms with Crippen LogP contribution in [0.5, 0.6) is 0 Å². The maximum absolute atomic E-state index is 5.63. The molecule has 0 aromatic heterocycles. The number of benzene rings is 1. The van der Waals surface area contributed by atoms with Crippen LogP contribution in [-0.4, -0.2) is 4.99 Å². The standard InChI is InChI=1S/C14H15NS/c1-14(2)7-5-10-3-4-12(13(15)16)9-11(10)6-8-14/h3-9H,1-2H3,(H2,15,16). The second-order valence-electron chi connectivity index (χ2n) is 4.70. The normalized spacial score (nSPS) is 16.6. The first kappa shape index (κ1) is 11.1. The molecule has 2 heteroatoms. The Labute approximate surface area is 102 Å². The molecule has 0 amide bonds. The fraction of sp³-hybridized carbons (Fsp3) is 0.214. The van der Waals surface area contributed by atoms with Gasteiger partial charge in [0.05, 0.1) is 0 Å². The van der Waals surface area contributed by atoms with E-state index < -0.39 is 0 Å². The van der Waals surface area contributed by atoms with E-state index in [1.54, 1.807) is 0 Å². The molecule has 0 unspecified atom stereocenters. The van der Waals surface area contributed by atoms with Crippen molar-refractivity contribution in [3.05, 3.63) is 47.0 Å². The average molecular weight is 229 g/mol. The number of hydrogen-bond acceptors (Lipinski definition) is 1. The zero-order valence-corrected chi connectivity index (χ0v) is 10.3. The Morgan fingerprint density at radius 2 is 1.75 bits per heavy atom. The first-order valence-corrected chi connectivity index (χ1v) is 5.71. The molecule has 0 heterocycles. The largest absolute Gasteiger partial charge is 0.389 e. The van der Waals surface area contributed by atoms with Crippen LogP contribution in [0.15, 0.2) is 30.4 Å². The van der Waals surface area contributed by atoms with Crippen LogP contribution in [0.4, 0.5) is 0 Å². The van der Waals surface area contributed by atoms with Gasteiger partial charge in [-0.1, -0.05) is 62.5 Å². The van der Waals surface area contributed by atoms with E-state index >= 15 is 0 Å². The fourth-order valence-electron chi connectivity index (χ4n) is 1.69. The molecular formula is C14H15NS. The molecule has 0 bridgehead atoms. The minimum Gasteiger partial charge on any atom is -0.389 e. The number of nitrogens with two attached hydrogens (primary N) is 1. The van der Waals surface area contributed by atoms with Gasteiger partial charge >= 0.3 is 0 Å². The number of fused-ring (bicyclic) bond motifs is 1. The van der Waals surface area contributed by atoms with E-state index in [1.165, 1.54) is 11.1 Å². The molecule has 16 heavy (non-hydrogen) atoms. The molecule has 0 atom stereocenters. The van der Waals surface area contributed by atoms with Gasteiger partial charge in [-0.25, -0.2) is 0 Å². The highest BCUT2D eigenvalue weighted by atomic mass is 32.1. The Balaban J connectivity index is 2.52. The molecule has 0 radical (unpaired) electrons.